The highest BCUT2D eigenvalue weighted by molar-refractivity contribution is 7.19. The molecule has 0 saturated carbocycles. The van der Waals surface area contributed by atoms with Crippen molar-refractivity contribution in [2.24, 2.45) is 0 Å². The molecule has 0 aliphatic carbocycles. The van der Waals surface area contributed by atoms with E-state index in [2.05, 4.69) is 66.7 Å². The molecule has 0 aliphatic heterocycles. The smallest absolute Gasteiger partial charge is 0.188 e. The Morgan fingerprint density at radius 2 is 1.08 bits per heavy atom. The third-order valence-corrected chi connectivity index (χ3v) is 7.54. The van der Waals surface area contributed by atoms with Gasteiger partial charge in [0.15, 0.2) is 6.29 Å². The van der Waals surface area contributed by atoms with E-state index in [1.165, 1.54) is 11.3 Å². The number of hydrogen-bond acceptors (Lipinski definition) is 4. The third kappa shape index (κ3) is 4.23. The lowest BCUT2D eigenvalue weighted by atomic mass is 9.96. The SMILES string of the molecule is OC(O)c1cc2c(-c3cccc(-c4ccccc4)c3)cnc(-c3cccc(-c4ccccc4)c3)c2s1. The highest BCUT2D eigenvalue weighted by atomic mass is 32.1. The average Bonchev–Trinajstić information content (AvgIpc) is 3.40. The number of aliphatic hydroxyl groups is 2. The Bertz CT molecular complexity index is 1540. The maximum atomic E-state index is 9.98. The molecule has 2 aromatic heterocycles. The van der Waals surface area contributed by atoms with Crippen molar-refractivity contribution < 1.29 is 10.2 Å². The standard InChI is InChI=1S/C32H23NO2S/c34-32(35)29-19-27-28(25-15-7-13-23(17-25)21-9-3-1-4-10-21)20-33-30(31(27)36-29)26-16-8-14-24(18-26)22-11-5-2-6-12-22/h1-20,32,34-35H. The molecule has 36 heavy (non-hydrogen) atoms. The van der Waals surface area contributed by atoms with Crippen LogP contribution in [0.2, 0.25) is 0 Å². The van der Waals surface area contributed by atoms with Crippen LogP contribution in [0.15, 0.2) is 121 Å². The van der Waals surface area contributed by atoms with Crippen molar-refractivity contribution in [2.75, 3.05) is 0 Å². The van der Waals surface area contributed by atoms with Gasteiger partial charge in [0.25, 0.3) is 0 Å². The molecule has 4 aromatic carbocycles. The molecule has 0 radical (unpaired) electrons. The van der Waals surface area contributed by atoms with Crippen molar-refractivity contribution in [1.29, 1.82) is 0 Å². The zero-order valence-corrected chi connectivity index (χ0v) is 20.2. The molecule has 2 heterocycles. The van der Waals surface area contributed by atoms with Gasteiger partial charge in [-0.3, -0.25) is 4.98 Å². The number of hydrogen-bond donors (Lipinski definition) is 2. The summed E-state index contributed by atoms with van der Waals surface area (Å²) in [7, 11) is 0. The molecule has 0 aliphatic rings. The van der Waals surface area contributed by atoms with E-state index in [0.29, 0.717) is 4.88 Å². The summed E-state index contributed by atoms with van der Waals surface area (Å²) in [6, 6.07) is 39.1. The first-order chi connectivity index (χ1) is 17.7. The predicted molar refractivity (Wildman–Crippen MR) is 149 cm³/mol. The minimum absolute atomic E-state index is 0.499. The van der Waals surface area contributed by atoms with E-state index < -0.39 is 6.29 Å². The Labute approximate surface area is 213 Å². The number of fused-ring (bicyclic) bond motifs is 1. The van der Waals surface area contributed by atoms with Gasteiger partial charge in [0.05, 0.1) is 15.3 Å². The summed E-state index contributed by atoms with van der Waals surface area (Å²) >= 11 is 1.38. The second-order valence-electron chi connectivity index (χ2n) is 8.68. The molecule has 2 N–H and O–H groups in total. The van der Waals surface area contributed by atoms with Crippen LogP contribution in [0.25, 0.3) is 54.7 Å². The van der Waals surface area contributed by atoms with Crippen molar-refractivity contribution in [3.63, 3.8) is 0 Å². The van der Waals surface area contributed by atoms with Gasteiger partial charge in [-0.25, -0.2) is 0 Å². The molecule has 0 bridgehead atoms. The third-order valence-electron chi connectivity index (χ3n) is 6.36. The normalized spacial score (nSPS) is 11.3. The van der Waals surface area contributed by atoms with Crippen LogP contribution < -0.4 is 0 Å². The van der Waals surface area contributed by atoms with Crippen LogP contribution in [0.4, 0.5) is 0 Å². The number of nitrogens with zero attached hydrogens (tertiary/aromatic N) is 1. The number of rotatable bonds is 5. The first-order valence-electron chi connectivity index (χ1n) is 11.8. The van der Waals surface area contributed by atoms with E-state index in [-0.39, 0.29) is 0 Å². The molecule has 0 atom stereocenters. The highest BCUT2D eigenvalue weighted by Crippen LogP contribution is 2.41. The Hall–Kier alpha value is -4.09. The van der Waals surface area contributed by atoms with Crippen LogP contribution in [0.5, 0.6) is 0 Å². The minimum Gasteiger partial charge on any atom is -0.364 e. The minimum atomic E-state index is -1.53. The lowest BCUT2D eigenvalue weighted by Gasteiger charge is -2.11. The molecule has 0 amide bonds. The summed E-state index contributed by atoms with van der Waals surface area (Å²) in [5.41, 5.74) is 8.36. The number of aliphatic hydroxyl groups excluding tert-OH is 1. The molecule has 0 saturated heterocycles. The fourth-order valence-corrected chi connectivity index (χ4v) is 5.64. The van der Waals surface area contributed by atoms with Gasteiger partial charge in [-0.1, -0.05) is 97.1 Å². The summed E-state index contributed by atoms with van der Waals surface area (Å²) in [4.78, 5) is 5.41. The summed E-state index contributed by atoms with van der Waals surface area (Å²) in [6.45, 7) is 0. The molecular formula is C32H23NO2S. The summed E-state index contributed by atoms with van der Waals surface area (Å²) < 4.78 is 0.936. The second kappa shape index (κ2) is 9.51. The van der Waals surface area contributed by atoms with Gasteiger partial charge in [-0.15, -0.1) is 11.3 Å². The van der Waals surface area contributed by atoms with Gasteiger partial charge in [0.1, 0.15) is 0 Å². The Morgan fingerprint density at radius 3 is 1.69 bits per heavy atom. The zero-order chi connectivity index (χ0) is 24.5. The Balaban J connectivity index is 1.51. The molecule has 6 rings (SSSR count). The maximum Gasteiger partial charge on any atom is 0.188 e. The van der Waals surface area contributed by atoms with Crippen LogP contribution in [-0.4, -0.2) is 15.2 Å². The molecule has 6 aromatic rings. The van der Waals surface area contributed by atoms with Gasteiger partial charge < -0.3 is 10.2 Å². The van der Waals surface area contributed by atoms with Crippen LogP contribution in [-0.2, 0) is 0 Å². The van der Waals surface area contributed by atoms with Crippen molar-refractivity contribution >= 4 is 21.4 Å². The van der Waals surface area contributed by atoms with Crippen LogP contribution in [0.1, 0.15) is 11.2 Å². The monoisotopic (exact) mass is 485 g/mol. The first-order valence-corrected chi connectivity index (χ1v) is 12.6. The largest absolute Gasteiger partial charge is 0.364 e. The molecule has 3 nitrogen and oxygen atoms in total. The molecule has 0 unspecified atom stereocenters. The number of benzene rings is 4. The fraction of sp³-hybridized carbons (Fsp3) is 0.0312. The van der Waals surface area contributed by atoms with Crippen LogP contribution >= 0.6 is 11.3 Å². The topological polar surface area (TPSA) is 53.4 Å². The van der Waals surface area contributed by atoms with Crippen molar-refractivity contribution in [3.8, 4) is 44.6 Å². The van der Waals surface area contributed by atoms with Gasteiger partial charge in [-0.05, 0) is 46.0 Å². The van der Waals surface area contributed by atoms with E-state index in [4.69, 9.17) is 4.98 Å². The highest BCUT2D eigenvalue weighted by Gasteiger charge is 2.18. The molecule has 0 spiro atoms. The van der Waals surface area contributed by atoms with E-state index in [1.54, 1.807) is 0 Å². The van der Waals surface area contributed by atoms with E-state index in [0.717, 1.165) is 54.7 Å². The summed E-state index contributed by atoms with van der Waals surface area (Å²) in [6.07, 6.45) is 0.367. The van der Waals surface area contributed by atoms with E-state index in [1.807, 2.05) is 54.7 Å². The molecule has 174 valence electrons. The van der Waals surface area contributed by atoms with Crippen molar-refractivity contribution in [1.82, 2.24) is 4.98 Å². The van der Waals surface area contributed by atoms with Gasteiger partial charge in [0.2, 0.25) is 0 Å². The van der Waals surface area contributed by atoms with E-state index in [9.17, 15) is 10.2 Å². The van der Waals surface area contributed by atoms with E-state index >= 15 is 0 Å². The zero-order valence-electron chi connectivity index (χ0n) is 19.4. The van der Waals surface area contributed by atoms with Crippen molar-refractivity contribution in [3.05, 3.63) is 126 Å². The van der Waals surface area contributed by atoms with Crippen LogP contribution in [0, 0.1) is 0 Å². The lowest BCUT2D eigenvalue weighted by Crippen LogP contribution is -1.89. The van der Waals surface area contributed by atoms with Gasteiger partial charge >= 0.3 is 0 Å². The van der Waals surface area contributed by atoms with Gasteiger partial charge in [-0.2, -0.15) is 0 Å². The van der Waals surface area contributed by atoms with Gasteiger partial charge in [0, 0.05) is 22.7 Å². The van der Waals surface area contributed by atoms with Crippen molar-refractivity contribution in [2.45, 2.75) is 6.29 Å². The Kier molecular flexibility index (Phi) is 5.91. The Morgan fingerprint density at radius 1 is 0.556 bits per heavy atom. The molecular weight excluding hydrogens is 462 g/mol. The fourth-order valence-electron chi connectivity index (χ4n) is 4.58. The first kappa shape index (κ1) is 22.4. The number of aromatic nitrogens is 1. The average molecular weight is 486 g/mol. The maximum absolute atomic E-state index is 9.98. The number of pyridine rings is 1. The molecule has 4 heteroatoms. The number of thiophene rings is 1. The lowest BCUT2D eigenvalue weighted by molar-refractivity contribution is -0.0394. The second-order valence-corrected chi connectivity index (χ2v) is 9.76. The quantitative estimate of drug-likeness (QED) is 0.244. The summed E-state index contributed by atoms with van der Waals surface area (Å²) in [5.74, 6) is 0. The molecule has 0 fully saturated rings. The summed E-state index contributed by atoms with van der Waals surface area (Å²) in [5, 5.41) is 20.9. The predicted octanol–water partition coefficient (Wildman–Crippen LogP) is 7.95. The van der Waals surface area contributed by atoms with Crippen LogP contribution in [0.3, 0.4) is 0 Å².